The standard InChI is InChI=1S/C31H19BrN4O9/c1-45-15-9-14(37)18-19(24(15)38)26(40)21-20(25(18)39)28(42)31(29(21)43)6-5-12-22(31)27(41)17-13(23(12)32)8-11(35-30(17)44)10-34-36-16-4-2-3-7-33-16/h2-4,7-9,41-43H,5-6,10H2,1H3,(H,35,44)/t31-/m0/s1. The lowest BCUT2D eigenvalue weighted by molar-refractivity contribution is 0.362. The predicted molar refractivity (Wildman–Crippen MR) is 163 cm³/mol. The number of phenolic OH excluding ortho intramolecular Hbond substituents is 1. The molecule has 14 heteroatoms. The highest BCUT2D eigenvalue weighted by Crippen LogP contribution is 2.56. The molecule has 0 fully saturated rings. The Balaban J connectivity index is 1.49. The lowest BCUT2D eigenvalue weighted by atomic mass is 9.78. The second-order valence-corrected chi connectivity index (χ2v) is 11.5. The van der Waals surface area contributed by atoms with Gasteiger partial charge in [-0.05, 0) is 52.5 Å². The average Bonchev–Trinajstić information content (AvgIpc) is 3.53. The minimum atomic E-state index is -2.01. The first-order valence-electron chi connectivity index (χ1n) is 13.5. The number of aromatic amines is 1. The molecular formula is C31H19BrN4O9. The molecular weight excluding hydrogens is 652 g/mol. The van der Waals surface area contributed by atoms with Crippen LogP contribution in [0.25, 0.3) is 22.3 Å². The van der Waals surface area contributed by atoms with Gasteiger partial charge in [0.05, 0.1) is 33.4 Å². The number of azo groups is 1. The highest BCUT2D eigenvalue weighted by Gasteiger charge is 2.53. The van der Waals surface area contributed by atoms with Gasteiger partial charge >= 0.3 is 0 Å². The summed E-state index contributed by atoms with van der Waals surface area (Å²) in [5.74, 6) is -2.23. The molecule has 1 atom stereocenters. The molecule has 1 aromatic carbocycles. The molecule has 0 radical (unpaired) electrons. The Bertz CT molecular complexity index is 2670. The Labute approximate surface area is 257 Å². The van der Waals surface area contributed by atoms with E-state index in [1.165, 1.54) is 0 Å². The summed E-state index contributed by atoms with van der Waals surface area (Å²) in [7, 11) is 1.12. The summed E-state index contributed by atoms with van der Waals surface area (Å²) in [6.07, 6.45) is 1.57. The maximum absolute atomic E-state index is 13.7. The van der Waals surface area contributed by atoms with Crippen LogP contribution in [0.2, 0.25) is 0 Å². The molecule has 0 amide bonds. The van der Waals surface area contributed by atoms with Crippen LogP contribution in [-0.4, -0.2) is 32.4 Å². The molecule has 4 N–H and O–H groups in total. The summed E-state index contributed by atoms with van der Waals surface area (Å²) in [6, 6.07) is 7.51. The SMILES string of the molecule is COc1cc(=O)c2c(=O)c3c(c(=O)c=2c1=O)=C(O)[C@]1(CCc2c1c(O)c1c(=O)[nH]c(CN=Nc4ccccn4)cc1c2Br)C=3O. The normalized spacial score (nSPS) is 17.2. The van der Waals surface area contributed by atoms with Crippen LogP contribution >= 0.6 is 15.9 Å². The highest BCUT2D eigenvalue weighted by molar-refractivity contribution is 9.10. The molecule has 2 aromatic heterocycles. The maximum Gasteiger partial charge on any atom is 0.259 e. The largest absolute Gasteiger partial charge is 0.510 e. The summed E-state index contributed by atoms with van der Waals surface area (Å²) in [4.78, 5) is 73.1. The number of halogens is 1. The van der Waals surface area contributed by atoms with Gasteiger partial charge in [0.15, 0.2) is 17.0 Å². The highest BCUT2D eigenvalue weighted by atomic mass is 79.9. The van der Waals surface area contributed by atoms with E-state index in [0.29, 0.717) is 26.9 Å². The summed E-state index contributed by atoms with van der Waals surface area (Å²) in [5, 5.41) is 40.3. The number of aliphatic hydroxyl groups is 2. The van der Waals surface area contributed by atoms with E-state index in [0.717, 1.165) is 13.2 Å². The van der Waals surface area contributed by atoms with Crippen molar-refractivity contribution in [3.63, 3.8) is 0 Å². The first kappa shape index (κ1) is 28.3. The maximum atomic E-state index is 13.7. The van der Waals surface area contributed by atoms with Crippen LogP contribution in [0, 0.1) is 10.4 Å². The smallest absolute Gasteiger partial charge is 0.259 e. The summed E-state index contributed by atoms with van der Waals surface area (Å²) in [5.41, 5.74) is -6.30. The van der Waals surface area contributed by atoms with Gasteiger partial charge in [0, 0.05) is 33.4 Å². The van der Waals surface area contributed by atoms with Crippen LogP contribution in [0.15, 0.2) is 75.2 Å². The van der Waals surface area contributed by atoms with Crippen molar-refractivity contribution in [3.05, 3.63) is 130 Å². The van der Waals surface area contributed by atoms with Crippen molar-refractivity contribution in [1.29, 1.82) is 0 Å². The van der Waals surface area contributed by atoms with E-state index in [1.54, 1.807) is 30.5 Å². The third-order valence-corrected chi connectivity index (χ3v) is 9.38. The molecule has 224 valence electrons. The molecule has 3 aromatic rings. The summed E-state index contributed by atoms with van der Waals surface area (Å²) < 4.78 is 5.28. The third-order valence-electron chi connectivity index (χ3n) is 8.48. The number of nitrogens with zero attached hydrogens (tertiary/aromatic N) is 3. The van der Waals surface area contributed by atoms with E-state index in [2.05, 4.69) is 36.1 Å². The molecule has 0 saturated heterocycles. The first-order chi connectivity index (χ1) is 21.5. The number of H-pyrrole nitrogens is 1. The Morgan fingerprint density at radius 2 is 1.69 bits per heavy atom. The van der Waals surface area contributed by atoms with Gasteiger partial charge in [-0.15, -0.1) is 5.11 Å². The zero-order valence-electron chi connectivity index (χ0n) is 23.1. The predicted octanol–water partition coefficient (Wildman–Crippen LogP) is 0.955. The zero-order valence-corrected chi connectivity index (χ0v) is 24.7. The fourth-order valence-electron chi connectivity index (χ4n) is 6.53. The fraction of sp³-hybridized carbons (Fsp3) is 0.161. The number of fused-ring (bicyclic) bond motifs is 4. The number of phenols is 1. The molecule has 4 aliphatic carbocycles. The number of ether oxygens (including phenoxy) is 1. The number of hydrogen-bond donors (Lipinski definition) is 4. The van der Waals surface area contributed by atoms with E-state index in [4.69, 9.17) is 4.74 Å². The van der Waals surface area contributed by atoms with E-state index in [9.17, 15) is 39.3 Å². The van der Waals surface area contributed by atoms with Crippen LogP contribution in [0.4, 0.5) is 5.82 Å². The molecule has 45 heavy (non-hydrogen) atoms. The van der Waals surface area contributed by atoms with Crippen molar-refractivity contribution in [2.75, 3.05) is 7.11 Å². The number of aromatic nitrogens is 2. The van der Waals surface area contributed by atoms with Crippen LogP contribution in [0.1, 0.15) is 23.2 Å². The summed E-state index contributed by atoms with van der Waals surface area (Å²) in [6.45, 7) is -0.0191. The number of hydrogen-bond acceptors (Lipinski definition) is 12. The molecule has 7 rings (SSSR count). The number of pyridine rings is 2. The number of aliphatic hydroxyl groups excluding tert-OH is 2. The molecule has 4 aliphatic rings. The minimum Gasteiger partial charge on any atom is -0.510 e. The Kier molecular flexibility index (Phi) is 6.13. The van der Waals surface area contributed by atoms with Crippen molar-refractivity contribution in [3.8, 4) is 11.5 Å². The van der Waals surface area contributed by atoms with Crippen LogP contribution in [0.5, 0.6) is 11.5 Å². The van der Waals surface area contributed by atoms with Crippen molar-refractivity contribution >= 4 is 44.0 Å². The van der Waals surface area contributed by atoms with Gasteiger partial charge in [-0.3, -0.25) is 24.0 Å². The monoisotopic (exact) mass is 670 g/mol. The second kappa shape index (κ2) is 9.75. The van der Waals surface area contributed by atoms with E-state index >= 15 is 0 Å². The number of methoxy groups -OCH3 is 1. The minimum absolute atomic E-state index is 0.0191. The number of rotatable bonds is 4. The van der Waals surface area contributed by atoms with Gasteiger partial charge in [-0.1, -0.05) is 6.07 Å². The van der Waals surface area contributed by atoms with Gasteiger partial charge in [0.1, 0.15) is 29.2 Å². The van der Waals surface area contributed by atoms with Crippen molar-refractivity contribution in [2.45, 2.75) is 24.8 Å². The van der Waals surface area contributed by atoms with Crippen LogP contribution < -0.4 is 42.4 Å². The fourth-order valence-corrected chi connectivity index (χ4v) is 7.24. The number of aromatic hydroxyl groups is 1. The molecule has 13 nitrogen and oxygen atoms in total. The van der Waals surface area contributed by atoms with E-state index < -0.39 is 76.6 Å². The van der Waals surface area contributed by atoms with Gasteiger partial charge < -0.3 is 25.0 Å². The molecule has 1 spiro atoms. The Hall–Kier alpha value is -5.50. The van der Waals surface area contributed by atoms with E-state index in [1.807, 2.05) is 0 Å². The molecule has 0 saturated carbocycles. The lowest BCUT2D eigenvalue weighted by Crippen LogP contribution is -2.51. The zero-order chi connectivity index (χ0) is 31.9. The molecule has 0 unspecified atom stereocenters. The van der Waals surface area contributed by atoms with Crippen LogP contribution in [0.3, 0.4) is 0 Å². The first-order valence-corrected chi connectivity index (χ1v) is 14.3. The van der Waals surface area contributed by atoms with E-state index in [-0.39, 0.29) is 30.3 Å². The van der Waals surface area contributed by atoms with Gasteiger partial charge in [-0.2, -0.15) is 5.11 Å². The third kappa shape index (κ3) is 3.65. The number of nitrogens with one attached hydrogen (secondary N) is 1. The number of benzene rings is 1. The Morgan fingerprint density at radius 3 is 2.36 bits per heavy atom. The molecule has 0 aliphatic heterocycles. The van der Waals surface area contributed by atoms with Gasteiger partial charge in [0.25, 0.3) is 5.56 Å². The lowest BCUT2D eigenvalue weighted by Gasteiger charge is -2.27. The van der Waals surface area contributed by atoms with Gasteiger partial charge in [0.2, 0.25) is 16.3 Å². The van der Waals surface area contributed by atoms with Crippen LogP contribution in [-0.2, 0) is 18.4 Å². The average molecular weight is 671 g/mol. The van der Waals surface area contributed by atoms with Crippen molar-refractivity contribution < 1.29 is 20.1 Å². The van der Waals surface area contributed by atoms with Crippen molar-refractivity contribution in [1.82, 2.24) is 9.97 Å². The van der Waals surface area contributed by atoms with Gasteiger partial charge in [-0.25, -0.2) is 4.98 Å². The topological polar surface area (TPSA) is 209 Å². The summed E-state index contributed by atoms with van der Waals surface area (Å²) >= 11 is 3.52. The second-order valence-electron chi connectivity index (χ2n) is 10.7. The molecule has 0 bridgehead atoms. The Morgan fingerprint density at radius 1 is 0.978 bits per heavy atom. The molecule has 2 heterocycles. The van der Waals surface area contributed by atoms with Crippen molar-refractivity contribution in [2.24, 2.45) is 10.2 Å². The quantitative estimate of drug-likeness (QED) is 0.199.